The molecule has 240 valence electrons. The Morgan fingerprint density at radius 3 is 2.55 bits per heavy atom. The third-order valence-corrected chi connectivity index (χ3v) is 10.3. The number of hydrogen-bond donors (Lipinski definition) is 2. The van der Waals surface area contributed by atoms with E-state index in [1.165, 1.54) is 23.0 Å². The zero-order valence-electron chi connectivity index (χ0n) is 25.8. The number of halogens is 3. The normalized spacial score (nSPS) is 15.3. The highest BCUT2D eigenvalue weighted by atomic mass is 32.1. The number of aryl methyl sites for hydroxylation is 1. The fourth-order valence-corrected chi connectivity index (χ4v) is 7.78. The number of aromatic nitrogens is 5. The summed E-state index contributed by atoms with van der Waals surface area (Å²) in [6.07, 6.45) is 2.21. The number of alkyl halides is 3. The van der Waals surface area contributed by atoms with Crippen LogP contribution in [0.5, 0.6) is 0 Å². The van der Waals surface area contributed by atoms with Gasteiger partial charge in [0.25, 0.3) is 0 Å². The van der Waals surface area contributed by atoms with Crippen molar-refractivity contribution in [2.45, 2.75) is 57.4 Å². The van der Waals surface area contributed by atoms with E-state index in [-0.39, 0.29) is 10.4 Å². The Balaban J connectivity index is 1.12. The second-order valence-electron chi connectivity index (χ2n) is 12.4. The first-order valence-corrected chi connectivity index (χ1v) is 16.3. The standard InChI is InChI=1S/C35H33F3N8S/c1-23-26(7-8-31-29(23)13-27(17-39)46(31)20-25-18-42-43-19-25)21-45-11-9-34(10-12-45,15-24-5-3-2-4-6-24)44-32-30-14-28(16-35(36,37)38)47-33(30)41-22-40-32/h2-8,13-14,18-19,22H,9-12,15-16,20-21H2,1H3,(H,42,43)(H,40,41,44). The van der Waals surface area contributed by atoms with Crippen molar-refractivity contribution in [3.8, 4) is 6.07 Å². The van der Waals surface area contributed by atoms with Gasteiger partial charge >= 0.3 is 6.18 Å². The van der Waals surface area contributed by atoms with Crippen LogP contribution in [0.15, 0.2) is 73.3 Å². The van der Waals surface area contributed by atoms with Crippen molar-refractivity contribution in [3.63, 3.8) is 0 Å². The fraction of sp³-hybridized carbons (Fsp3) is 0.314. The van der Waals surface area contributed by atoms with Crippen molar-refractivity contribution in [2.24, 2.45) is 0 Å². The third-order valence-electron chi connectivity index (χ3n) is 9.21. The molecule has 0 radical (unpaired) electrons. The Morgan fingerprint density at radius 1 is 1.02 bits per heavy atom. The Bertz CT molecular complexity index is 2050. The Hall–Kier alpha value is -4.73. The third kappa shape index (κ3) is 6.59. The van der Waals surface area contributed by atoms with Gasteiger partial charge in [-0.1, -0.05) is 36.4 Å². The first-order chi connectivity index (χ1) is 22.7. The zero-order chi connectivity index (χ0) is 32.6. The summed E-state index contributed by atoms with van der Waals surface area (Å²) >= 11 is 1.07. The number of rotatable bonds is 9. The zero-order valence-corrected chi connectivity index (χ0v) is 26.6. The van der Waals surface area contributed by atoms with Crippen LogP contribution in [0.1, 0.15) is 45.7 Å². The van der Waals surface area contributed by atoms with E-state index in [0.29, 0.717) is 28.3 Å². The molecule has 2 N–H and O–H groups in total. The molecule has 47 heavy (non-hydrogen) atoms. The number of aromatic amines is 1. The minimum absolute atomic E-state index is 0.231. The van der Waals surface area contributed by atoms with Crippen LogP contribution < -0.4 is 5.32 Å². The number of nitrogens with zero attached hydrogens (tertiary/aromatic N) is 6. The maximum absolute atomic E-state index is 13.2. The average molecular weight is 655 g/mol. The van der Waals surface area contributed by atoms with Gasteiger partial charge < -0.3 is 9.88 Å². The van der Waals surface area contributed by atoms with Gasteiger partial charge in [-0.25, -0.2) is 9.97 Å². The van der Waals surface area contributed by atoms with Crippen LogP contribution in [0.4, 0.5) is 19.0 Å². The van der Waals surface area contributed by atoms with Crippen LogP contribution in [0, 0.1) is 18.3 Å². The molecule has 7 rings (SSSR count). The van der Waals surface area contributed by atoms with Crippen LogP contribution in [0.25, 0.3) is 21.1 Å². The van der Waals surface area contributed by atoms with Crippen LogP contribution in [0.3, 0.4) is 0 Å². The minimum atomic E-state index is -4.28. The molecule has 0 unspecified atom stereocenters. The van der Waals surface area contributed by atoms with Crippen LogP contribution in [-0.4, -0.2) is 54.4 Å². The molecule has 0 atom stereocenters. The van der Waals surface area contributed by atoms with E-state index >= 15 is 0 Å². The van der Waals surface area contributed by atoms with Gasteiger partial charge in [-0.2, -0.15) is 23.5 Å². The summed E-state index contributed by atoms with van der Waals surface area (Å²) in [6, 6.07) is 20.5. The van der Waals surface area contributed by atoms with Crippen molar-refractivity contribution in [2.75, 3.05) is 18.4 Å². The molecule has 0 bridgehead atoms. The van der Waals surface area contributed by atoms with E-state index in [4.69, 9.17) is 0 Å². The van der Waals surface area contributed by atoms with E-state index in [1.807, 2.05) is 35.0 Å². The lowest BCUT2D eigenvalue weighted by Gasteiger charge is -2.43. The molecule has 1 fully saturated rings. The molecule has 1 aliphatic rings. The second kappa shape index (κ2) is 12.5. The molecule has 2 aromatic carbocycles. The van der Waals surface area contributed by atoms with E-state index in [0.717, 1.165) is 66.7 Å². The largest absolute Gasteiger partial charge is 0.393 e. The van der Waals surface area contributed by atoms with Crippen molar-refractivity contribution < 1.29 is 13.2 Å². The lowest BCUT2D eigenvalue weighted by molar-refractivity contribution is -0.126. The van der Waals surface area contributed by atoms with E-state index in [9.17, 15) is 18.4 Å². The number of benzene rings is 2. The maximum Gasteiger partial charge on any atom is 0.393 e. The number of anilines is 1. The number of H-pyrrole nitrogens is 1. The molecule has 1 aliphatic heterocycles. The summed E-state index contributed by atoms with van der Waals surface area (Å²) < 4.78 is 41.6. The van der Waals surface area contributed by atoms with Gasteiger partial charge in [-0.3, -0.25) is 10.00 Å². The molecule has 0 aliphatic carbocycles. The molecule has 0 spiro atoms. The monoisotopic (exact) mass is 654 g/mol. The average Bonchev–Trinajstić information content (AvgIpc) is 3.79. The van der Waals surface area contributed by atoms with Gasteiger partial charge in [0.05, 0.1) is 24.5 Å². The Morgan fingerprint density at radius 2 is 1.83 bits per heavy atom. The lowest BCUT2D eigenvalue weighted by Crippen LogP contribution is -2.50. The molecule has 5 heterocycles. The van der Waals surface area contributed by atoms with Crippen LogP contribution in [-0.2, 0) is 25.9 Å². The van der Waals surface area contributed by atoms with Crippen LogP contribution in [0.2, 0.25) is 0 Å². The first-order valence-electron chi connectivity index (χ1n) is 15.5. The molecule has 0 saturated carbocycles. The van der Waals surface area contributed by atoms with Gasteiger partial charge in [0.1, 0.15) is 28.7 Å². The van der Waals surface area contributed by atoms with Crippen molar-refractivity contribution in [1.82, 2.24) is 29.6 Å². The van der Waals surface area contributed by atoms with E-state index < -0.39 is 12.6 Å². The maximum atomic E-state index is 13.2. The molecule has 8 nitrogen and oxygen atoms in total. The van der Waals surface area contributed by atoms with Gasteiger partial charge in [0.2, 0.25) is 0 Å². The fourth-order valence-electron chi connectivity index (χ4n) is 6.76. The van der Waals surface area contributed by atoms with Crippen molar-refractivity contribution >= 4 is 38.3 Å². The predicted molar refractivity (Wildman–Crippen MR) is 177 cm³/mol. The molecule has 4 aromatic heterocycles. The SMILES string of the molecule is Cc1c(CN2CCC(Cc3ccccc3)(Nc3ncnc4sc(CC(F)(F)F)cc34)CC2)ccc2c1cc(C#N)n2Cc1cn[nH]c1. The molecular formula is C35H33F3N8S. The highest BCUT2D eigenvalue weighted by Gasteiger charge is 2.36. The lowest BCUT2D eigenvalue weighted by atomic mass is 9.81. The van der Waals surface area contributed by atoms with Gasteiger partial charge in [-0.05, 0) is 61.1 Å². The molecular weight excluding hydrogens is 622 g/mol. The van der Waals surface area contributed by atoms with Crippen LogP contribution >= 0.6 is 11.3 Å². The molecule has 6 aromatic rings. The minimum Gasteiger partial charge on any atom is -0.364 e. The highest BCUT2D eigenvalue weighted by molar-refractivity contribution is 7.18. The smallest absolute Gasteiger partial charge is 0.364 e. The molecule has 1 saturated heterocycles. The summed E-state index contributed by atoms with van der Waals surface area (Å²) in [7, 11) is 0. The predicted octanol–water partition coefficient (Wildman–Crippen LogP) is 7.39. The van der Waals surface area contributed by atoms with Crippen molar-refractivity contribution in [1.29, 1.82) is 5.26 Å². The van der Waals surface area contributed by atoms with E-state index in [2.05, 4.69) is 67.6 Å². The Kier molecular flexibility index (Phi) is 8.20. The molecule has 0 amide bonds. The summed E-state index contributed by atoms with van der Waals surface area (Å²) in [4.78, 5) is 12.0. The Labute approximate surface area is 273 Å². The van der Waals surface area contributed by atoms with E-state index in [1.54, 1.807) is 12.3 Å². The number of piperidine rings is 1. The van der Waals surface area contributed by atoms with Crippen molar-refractivity contribution in [3.05, 3.63) is 106 Å². The highest BCUT2D eigenvalue weighted by Crippen LogP contribution is 2.37. The number of hydrogen-bond acceptors (Lipinski definition) is 7. The van der Waals surface area contributed by atoms with Gasteiger partial charge in [0, 0.05) is 52.7 Å². The number of fused-ring (bicyclic) bond motifs is 2. The van der Waals surface area contributed by atoms with Gasteiger partial charge in [-0.15, -0.1) is 11.3 Å². The first kappa shape index (κ1) is 30.9. The second-order valence-corrected chi connectivity index (χ2v) is 13.5. The summed E-state index contributed by atoms with van der Waals surface area (Å²) in [6.45, 7) is 5.14. The number of thiophene rings is 1. The number of likely N-dealkylation sites (tertiary alicyclic amines) is 1. The number of nitrogens with one attached hydrogen (secondary N) is 2. The topological polar surface area (TPSA) is 98.5 Å². The summed E-state index contributed by atoms with van der Waals surface area (Å²) in [5, 5.41) is 22.2. The quantitative estimate of drug-likeness (QED) is 0.169. The summed E-state index contributed by atoms with van der Waals surface area (Å²) in [5.74, 6) is 0.582. The summed E-state index contributed by atoms with van der Waals surface area (Å²) in [5.41, 5.74) is 5.89. The number of nitriles is 1. The molecule has 12 heteroatoms. The van der Waals surface area contributed by atoms with Gasteiger partial charge in [0.15, 0.2) is 0 Å².